The van der Waals surface area contributed by atoms with Crippen molar-refractivity contribution in [1.82, 2.24) is 5.32 Å². The van der Waals surface area contributed by atoms with Crippen LogP contribution in [0.25, 0.3) is 0 Å². The van der Waals surface area contributed by atoms with Gasteiger partial charge in [0, 0.05) is 26.3 Å². The lowest BCUT2D eigenvalue weighted by Crippen LogP contribution is -2.35. The van der Waals surface area contributed by atoms with Crippen LogP contribution >= 0.6 is 0 Å². The minimum atomic E-state index is -0.0378. The summed E-state index contributed by atoms with van der Waals surface area (Å²) in [5.74, 6) is -0.0326. The highest BCUT2D eigenvalue weighted by Crippen LogP contribution is 2.38. The maximum atomic E-state index is 12.0. The van der Waals surface area contributed by atoms with Crippen LogP contribution in [0, 0.1) is 0 Å². The first kappa shape index (κ1) is 18.0. The normalized spacial score (nSPS) is 25.5. The van der Waals surface area contributed by atoms with Gasteiger partial charge in [0.05, 0.1) is 0 Å². The Morgan fingerprint density at radius 3 is 2.74 bits per heavy atom. The van der Waals surface area contributed by atoms with Gasteiger partial charge in [0.25, 0.3) is 0 Å². The Morgan fingerprint density at radius 2 is 2.09 bits per heavy atom. The third-order valence-corrected chi connectivity index (χ3v) is 4.64. The summed E-state index contributed by atoms with van der Waals surface area (Å²) in [6.45, 7) is 4.16. The van der Waals surface area contributed by atoms with Gasteiger partial charge in [-0.2, -0.15) is 0 Å². The van der Waals surface area contributed by atoms with Crippen molar-refractivity contribution in [2.24, 2.45) is 0 Å². The highest BCUT2D eigenvalue weighted by molar-refractivity contribution is 5.88. The van der Waals surface area contributed by atoms with Gasteiger partial charge in [0.2, 0.25) is 5.91 Å². The molecule has 0 radical (unpaired) electrons. The number of carbonyl (C=O) groups is 1. The summed E-state index contributed by atoms with van der Waals surface area (Å²) in [6, 6.07) is 0.211. The fraction of sp³-hybridized carbons (Fsp3) is 0.632. The number of allylic oxidation sites excluding steroid dienone is 3. The van der Waals surface area contributed by atoms with Crippen molar-refractivity contribution in [2.75, 3.05) is 14.2 Å². The molecule has 0 heterocycles. The van der Waals surface area contributed by atoms with E-state index in [1.165, 1.54) is 11.1 Å². The van der Waals surface area contributed by atoms with Crippen LogP contribution in [0.15, 0.2) is 34.9 Å². The Bertz CT molecular complexity index is 519. The van der Waals surface area contributed by atoms with E-state index in [-0.39, 0.29) is 24.2 Å². The first-order valence-corrected chi connectivity index (χ1v) is 8.58. The van der Waals surface area contributed by atoms with Crippen molar-refractivity contribution in [2.45, 2.75) is 64.2 Å². The Kier molecular flexibility index (Phi) is 6.60. The fourth-order valence-corrected chi connectivity index (χ4v) is 3.56. The van der Waals surface area contributed by atoms with Gasteiger partial charge >= 0.3 is 0 Å². The van der Waals surface area contributed by atoms with Crippen molar-refractivity contribution in [1.29, 1.82) is 0 Å². The van der Waals surface area contributed by atoms with Crippen LogP contribution < -0.4 is 5.32 Å². The minimum absolute atomic E-state index is 0.00746. The van der Waals surface area contributed by atoms with E-state index in [9.17, 15) is 4.79 Å². The van der Waals surface area contributed by atoms with Crippen molar-refractivity contribution >= 4 is 5.91 Å². The Morgan fingerprint density at radius 1 is 1.35 bits per heavy atom. The summed E-state index contributed by atoms with van der Waals surface area (Å²) in [6.07, 6.45) is 10.9. The molecule has 3 aliphatic carbocycles. The van der Waals surface area contributed by atoms with Gasteiger partial charge in [-0.3, -0.25) is 4.79 Å². The van der Waals surface area contributed by atoms with E-state index in [1.54, 1.807) is 20.3 Å². The lowest BCUT2D eigenvalue weighted by molar-refractivity contribution is -0.117. The Hall–Kier alpha value is -1.39. The molecule has 3 aliphatic rings. The monoisotopic (exact) mass is 319 g/mol. The van der Waals surface area contributed by atoms with Crippen LogP contribution in [0.2, 0.25) is 0 Å². The molecule has 1 N–H and O–H groups in total. The van der Waals surface area contributed by atoms with Gasteiger partial charge in [0.1, 0.15) is 12.2 Å². The Labute approximate surface area is 139 Å². The molecule has 128 valence electrons. The van der Waals surface area contributed by atoms with E-state index in [1.807, 2.05) is 13.0 Å². The predicted molar refractivity (Wildman–Crippen MR) is 92.2 cm³/mol. The number of nitrogens with one attached hydrogen (secondary N) is 1. The lowest BCUT2D eigenvalue weighted by Gasteiger charge is -2.31. The molecule has 0 aliphatic heterocycles. The van der Waals surface area contributed by atoms with Gasteiger partial charge in [-0.15, -0.1) is 0 Å². The van der Waals surface area contributed by atoms with E-state index in [4.69, 9.17) is 9.47 Å². The van der Waals surface area contributed by atoms with E-state index in [0.717, 1.165) is 37.7 Å². The van der Waals surface area contributed by atoms with E-state index in [0.29, 0.717) is 0 Å². The van der Waals surface area contributed by atoms with Crippen LogP contribution in [0.4, 0.5) is 0 Å². The van der Waals surface area contributed by atoms with Crippen molar-refractivity contribution in [3.63, 3.8) is 0 Å². The molecule has 0 aromatic carbocycles. The van der Waals surface area contributed by atoms with Gasteiger partial charge < -0.3 is 14.8 Å². The molecule has 0 saturated heterocycles. The second-order valence-electron chi connectivity index (χ2n) is 6.40. The maximum Gasteiger partial charge on any atom is 0.244 e. The van der Waals surface area contributed by atoms with Crippen molar-refractivity contribution in [3.05, 3.63) is 34.9 Å². The largest absolute Gasteiger partial charge is 0.374 e. The van der Waals surface area contributed by atoms with E-state index >= 15 is 0 Å². The second kappa shape index (κ2) is 8.46. The minimum Gasteiger partial charge on any atom is -0.374 e. The van der Waals surface area contributed by atoms with Crippen LogP contribution in [0.1, 0.15) is 46.0 Å². The number of rotatable bonds is 7. The van der Waals surface area contributed by atoms with E-state index < -0.39 is 0 Å². The third-order valence-electron chi connectivity index (χ3n) is 4.64. The molecule has 3 unspecified atom stereocenters. The number of hydrogen-bond acceptors (Lipinski definition) is 3. The molecule has 1 saturated carbocycles. The summed E-state index contributed by atoms with van der Waals surface area (Å²) in [5.41, 5.74) is 3.61. The summed E-state index contributed by atoms with van der Waals surface area (Å²) in [7, 11) is 3.46. The quantitative estimate of drug-likeness (QED) is 0.733. The highest BCUT2D eigenvalue weighted by Gasteiger charge is 2.35. The first-order valence-electron chi connectivity index (χ1n) is 8.58. The molecule has 23 heavy (non-hydrogen) atoms. The number of amides is 1. The summed E-state index contributed by atoms with van der Waals surface area (Å²) in [5, 5.41) is 3.00. The fourth-order valence-electron chi connectivity index (χ4n) is 3.56. The van der Waals surface area contributed by atoms with Crippen LogP contribution in [0.5, 0.6) is 0 Å². The molecular weight excluding hydrogens is 290 g/mol. The molecule has 3 rings (SSSR count). The van der Waals surface area contributed by atoms with Gasteiger partial charge in [-0.25, -0.2) is 0 Å². The molecular formula is C19H29NO3. The standard InChI is InChI=1S/C19H29NO3/c1-5-7-13(2)20-17(21)11-10-14-12-15-8-6-9-16(14)19(23-4)18(15)22-3/h10-13,18-19H,5-9H2,1-4H3,(H,20,21)/b11-10+. The highest BCUT2D eigenvalue weighted by atomic mass is 16.5. The second-order valence-corrected chi connectivity index (χ2v) is 6.40. The number of carbonyl (C=O) groups excluding carboxylic acids is 1. The zero-order valence-corrected chi connectivity index (χ0v) is 14.7. The molecule has 3 atom stereocenters. The van der Waals surface area contributed by atoms with Crippen LogP contribution in [0.3, 0.4) is 0 Å². The van der Waals surface area contributed by atoms with Gasteiger partial charge in [-0.1, -0.05) is 19.4 Å². The smallest absolute Gasteiger partial charge is 0.244 e. The summed E-state index contributed by atoms with van der Waals surface area (Å²) >= 11 is 0. The number of hydrogen-bond donors (Lipinski definition) is 1. The summed E-state index contributed by atoms with van der Waals surface area (Å²) < 4.78 is 11.3. The molecule has 0 spiro atoms. The molecule has 0 aromatic rings. The van der Waals surface area contributed by atoms with Crippen molar-refractivity contribution in [3.8, 4) is 0 Å². The Balaban J connectivity index is 2.13. The van der Waals surface area contributed by atoms with Crippen molar-refractivity contribution < 1.29 is 14.3 Å². The predicted octanol–water partition coefficient (Wildman–Crippen LogP) is 3.30. The number of fused-ring (bicyclic) bond motifs is 4. The SMILES string of the molecule is CCCC(C)NC(=O)/C=C/C1=C2CCCC(=C1)C(OC)C2OC. The van der Waals surface area contributed by atoms with Gasteiger partial charge in [-0.05, 0) is 55.4 Å². The van der Waals surface area contributed by atoms with Gasteiger partial charge in [0.15, 0.2) is 0 Å². The molecule has 4 nitrogen and oxygen atoms in total. The lowest BCUT2D eigenvalue weighted by atomic mass is 9.88. The number of ether oxygens (including phenoxy) is 2. The van der Waals surface area contributed by atoms with E-state index in [2.05, 4.69) is 18.3 Å². The summed E-state index contributed by atoms with van der Waals surface area (Å²) in [4.78, 5) is 12.0. The van der Waals surface area contributed by atoms with Crippen LogP contribution in [-0.4, -0.2) is 38.4 Å². The molecule has 2 bridgehead atoms. The molecule has 1 amide bonds. The number of methoxy groups -OCH3 is 2. The topological polar surface area (TPSA) is 47.6 Å². The average molecular weight is 319 g/mol. The van der Waals surface area contributed by atoms with Crippen LogP contribution in [-0.2, 0) is 14.3 Å². The molecule has 0 aromatic heterocycles. The zero-order valence-electron chi connectivity index (χ0n) is 14.7. The molecule has 4 heteroatoms. The molecule has 1 fully saturated rings. The third kappa shape index (κ3) is 4.33. The zero-order chi connectivity index (χ0) is 16.8. The average Bonchev–Trinajstić information content (AvgIpc) is 2.83. The maximum absolute atomic E-state index is 12.0. The first-order chi connectivity index (χ1) is 11.1.